The van der Waals surface area contributed by atoms with E-state index < -0.39 is 10.0 Å². The Balaban J connectivity index is 1.52. The molecule has 156 valence electrons. The molecule has 1 aliphatic carbocycles. The molecule has 29 heavy (non-hydrogen) atoms. The number of nitrogens with zero attached hydrogens (tertiary/aromatic N) is 4. The highest BCUT2D eigenvalue weighted by Crippen LogP contribution is 2.33. The minimum absolute atomic E-state index is 0.0444. The Kier molecular flexibility index (Phi) is 5.44. The van der Waals surface area contributed by atoms with E-state index in [4.69, 9.17) is 4.52 Å². The fourth-order valence-electron chi connectivity index (χ4n) is 4.03. The first-order chi connectivity index (χ1) is 13.9. The summed E-state index contributed by atoms with van der Waals surface area (Å²) >= 11 is 0. The summed E-state index contributed by atoms with van der Waals surface area (Å²) in [5.41, 5.74) is 1.39. The van der Waals surface area contributed by atoms with Crippen molar-refractivity contribution in [3.05, 3.63) is 41.5 Å². The Labute approximate surface area is 170 Å². The van der Waals surface area contributed by atoms with Crippen molar-refractivity contribution >= 4 is 15.9 Å². The van der Waals surface area contributed by atoms with Gasteiger partial charge in [-0.1, -0.05) is 5.16 Å². The van der Waals surface area contributed by atoms with Crippen molar-refractivity contribution in [1.29, 1.82) is 0 Å². The van der Waals surface area contributed by atoms with E-state index in [0.717, 1.165) is 18.4 Å². The molecule has 3 heterocycles. The van der Waals surface area contributed by atoms with Crippen molar-refractivity contribution in [2.24, 2.45) is 5.92 Å². The Morgan fingerprint density at radius 3 is 2.59 bits per heavy atom. The number of amides is 1. The second kappa shape index (κ2) is 7.87. The molecule has 8 nitrogen and oxygen atoms in total. The highest BCUT2D eigenvalue weighted by atomic mass is 32.2. The molecule has 1 unspecified atom stereocenters. The van der Waals surface area contributed by atoms with Gasteiger partial charge in [0.05, 0.1) is 5.92 Å². The van der Waals surface area contributed by atoms with Crippen LogP contribution in [0, 0.1) is 19.8 Å². The van der Waals surface area contributed by atoms with Gasteiger partial charge in [0.1, 0.15) is 10.6 Å². The molecular weight excluding hydrogens is 392 g/mol. The van der Waals surface area contributed by atoms with E-state index in [2.05, 4.69) is 10.1 Å². The van der Waals surface area contributed by atoms with Crippen LogP contribution in [0.5, 0.6) is 0 Å². The van der Waals surface area contributed by atoms with Gasteiger partial charge in [0.15, 0.2) is 5.76 Å². The molecule has 1 amide bonds. The average molecular weight is 419 g/mol. The lowest BCUT2D eigenvalue weighted by Gasteiger charge is -2.34. The van der Waals surface area contributed by atoms with Crippen LogP contribution in [-0.4, -0.2) is 52.8 Å². The van der Waals surface area contributed by atoms with Gasteiger partial charge < -0.3 is 9.42 Å². The number of sulfonamides is 1. The molecule has 2 fully saturated rings. The summed E-state index contributed by atoms with van der Waals surface area (Å²) in [6.07, 6.45) is 6.82. The third kappa shape index (κ3) is 4.06. The molecule has 0 bridgehead atoms. The van der Waals surface area contributed by atoms with Crippen molar-refractivity contribution in [1.82, 2.24) is 19.3 Å². The number of carbonyl (C=O) groups excluding carboxylic acids is 1. The summed E-state index contributed by atoms with van der Waals surface area (Å²) in [7, 11) is -3.74. The smallest absolute Gasteiger partial charge is 0.248 e. The van der Waals surface area contributed by atoms with Gasteiger partial charge in [0.25, 0.3) is 0 Å². The van der Waals surface area contributed by atoms with Gasteiger partial charge in [-0.3, -0.25) is 9.78 Å². The molecule has 2 aromatic heterocycles. The lowest BCUT2D eigenvalue weighted by Crippen LogP contribution is -2.47. The van der Waals surface area contributed by atoms with Gasteiger partial charge in [-0.25, -0.2) is 8.42 Å². The Morgan fingerprint density at radius 1 is 1.24 bits per heavy atom. The molecule has 1 aliphatic heterocycles. The number of hydrogen-bond acceptors (Lipinski definition) is 6. The molecule has 1 saturated carbocycles. The van der Waals surface area contributed by atoms with E-state index in [0.29, 0.717) is 31.6 Å². The van der Waals surface area contributed by atoms with Crippen molar-refractivity contribution in [2.75, 3.05) is 13.1 Å². The molecule has 9 heteroatoms. The summed E-state index contributed by atoms with van der Waals surface area (Å²) < 4.78 is 32.8. The zero-order valence-corrected chi connectivity index (χ0v) is 17.6. The number of carbonyl (C=O) groups is 1. The zero-order valence-electron chi connectivity index (χ0n) is 16.7. The van der Waals surface area contributed by atoms with Crippen LogP contribution >= 0.6 is 0 Å². The van der Waals surface area contributed by atoms with E-state index >= 15 is 0 Å². The summed E-state index contributed by atoms with van der Waals surface area (Å²) in [5, 5.41) is 3.78. The van der Waals surface area contributed by atoms with Crippen LogP contribution in [0.15, 0.2) is 33.9 Å². The van der Waals surface area contributed by atoms with Crippen molar-refractivity contribution in [2.45, 2.75) is 57.0 Å². The lowest BCUT2D eigenvalue weighted by atomic mass is 9.97. The fourth-order valence-corrected chi connectivity index (χ4v) is 5.84. The topological polar surface area (TPSA) is 96.6 Å². The maximum atomic E-state index is 13.3. The van der Waals surface area contributed by atoms with Crippen LogP contribution in [0.4, 0.5) is 0 Å². The molecule has 1 saturated heterocycles. The van der Waals surface area contributed by atoms with Crippen molar-refractivity contribution in [3.63, 3.8) is 0 Å². The summed E-state index contributed by atoms with van der Waals surface area (Å²) in [4.78, 5) is 19.4. The molecule has 0 N–H and O–H groups in total. The molecule has 2 aliphatic rings. The molecule has 1 atom stereocenters. The maximum absolute atomic E-state index is 13.3. The third-order valence-corrected chi connectivity index (χ3v) is 7.78. The number of piperidine rings is 1. The Morgan fingerprint density at radius 2 is 1.97 bits per heavy atom. The molecule has 0 aromatic carbocycles. The highest BCUT2D eigenvalue weighted by molar-refractivity contribution is 7.89. The van der Waals surface area contributed by atoms with Gasteiger partial charge in [0, 0.05) is 38.1 Å². The first-order valence-corrected chi connectivity index (χ1v) is 11.4. The number of pyridine rings is 1. The normalized spacial score (nSPS) is 20.6. The lowest BCUT2D eigenvalue weighted by molar-refractivity contribution is -0.138. The summed E-state index contributed by atoms with van der Waals surface area (Å²) in [5.74, 6) is -0.00217. The van der Waals surface area contributed by atoms with E-state index in [1.54, 1.807) is 26.2 Å². The maximum Gasteiger partial charge on any atom is 0.248 e. The zero-order chi connectivity index (χ0) is 20.6. The largest absolute Gasteiger partial charge is 0.360 e. The van der Waals surface area contributed by atoms with E-state index in [1.807, 2.05) is 17.0 Å². The number of aryl methyl sites for hydroxylation is 2. The van der Waals surface area contributed by atoms with Crippen LogP contribution in [0.25, 0.3) is 0 Å². The van der Waals surface area contributed by atoms with Gasteiger partial charge in [-0.15, -0.1) is 0 Å². The number of hydrogen-bond donors (Lipinski definition) is 0. The summed E-state index contributed by atoms with van der Waals surface area (Å²) in [6, 6.07) is 4.08. The van der Waals surface area contributed by atoms with Gasteiger partial charge in [-0.2, -0.15) is 4.31 Å². The third-order valence-electron chi connectivity index (χ3n) is 5.67. The van der Waals surface area contributed by atoms with Crippen LogP contribution in [0.1, 0.15) is 42.7 Å². The Hall–Kier alpha value is -2.26. The molecule has 2 aromatic rings. The molecular formula is C20H26N4O4S. The summed E-state index contributed by atoms with van der Waals surface area (Å²) in [6.45, 7) is 4.37. The highest BCUT2D eigenvalue weighted by Gasteiger charge is 2.40. The molecule has 0 radical (unpaired) electrons. The number of aromatic nitrogens is 2. The monoisotopic (exact) mass is 418 g/mol. The predicted molar refractivity (Wildman–Crippen MR) is 105 cm³/mol. The van der Waals surface area contributed by atoms with Crippen LogP contribution in [0.2, 0.25) is 0 Å². The molecule has 4 rings (SSSR count). The minimum atomic E-state index is -3.74. The van der Waals surface area contributed by atoms with Crippen molar-refractivity contribution in [3.8, 4) is 0 Å². The first-order valence-electron chi connectivity index (χ1n) is 10.0. The SMILES string of the molecule is Cc1noc(C)c1S(=O)(=O)N1CCCC(C(=O)N(Cc2ccncc2)C2CC2)C1. The van der Waals surface area contributed by atoms with Gasteiger partial charge >= 0.3 is 0 Å². The van der Waals surface area contributed by atoms with Gasteiger partial charge in [-0.05, 0) is 57.2 Å². The minimum Gasteiger partial charge on any atom is -0.360 e. The van der Waals surface area contributed by atoms with Gasteiger partial charge in [0.2, 0.25) is 15.9 Å². The average Bonchev–Trinajstić information content (AvgIpc) is 3.50. The standard InChI is InChI=1S/C20H26N4O4S/c1-14-19(15(2)28-22-14)29(26,27)23-11-3-4-17(13-23)20(25)24(18-5-6-18)12-16-7-9-21-10-8-16/h7-10,17-18H,3-6,11-13H2,1-2H3. The predicted octanol–water partition coefficient (Wildman–Crippen LogP) is 2.28. The number of rotatable bonds is 6. The second-order valence-electron chi connectivity index (χ2n) is 7.91. The van der Waals surface area contributed by atoms with E-state index in [1.165, 1.54) is 4.31 Å². The first kappa shape index (κ1) is 20.0. The van der Waals surface area contributed by atoms with Crippen LogP contribution < -0.4 is 0 Å². The quantitative estimate of drug-likeness (QED) is 0.714. The molecule has 0 spiro atoms. The van der Waals surface area contributed by atoms with Crippen molar-refractivity contribution < 1.29 is 17.7 Å². The second-order valence-corrected chi connectivity index (χ2v) is 9.78. The van der Waals surface area contributed by atoms with E-state index in [-0.39, 0.29) is 35.1 Å². The van der Waals surface area contributed by atoms with Crippen LogP contribution in [-0.2, 0) is 21.4 Å². The Bertz CT molecular complexity index is 966. The van der Waals surface area contributed by atoms with Crippen LogP contribution in [0.3, 0.4) is 0 Å². The fraction of sp³-hybridized carbons (Fsp3) is 0.550. The van der Waals surface area contributed by atoms with E-state index in [9.17, 15) is 13.2 Å².